The number of nitrogens with one attached hydrogen (secondary N) is 1. The van der Waals surface area contributed by atoms with E-state index in [2.05, 4.69) is 55.9 Å². The maximum Gasteiger partial charge on any atom is 0.302 e. The number of rotatable bonds is 8. The van der Waals surface area contributed by atoms with Gasteiger partial charge >= 0.3 is 5.97 Å². The van der Waals surface area contributed by atoms with Crippen LogP contribution in [0, 0.1) is 11.8 Å². The third-order valence-electron chi connectivity index (χ3n) is 7.28. The first kappa shape index (κ1) is 27.6. The maximum atomic E-state index is 11.9. The molecule has 2 saturated heterocycles. The van der Waals surface area contributed by atoms with Crippen molar-refractivity contribution >= 4 is 5.97 Å². The van der Waals surface area contributed by atoms with E-state index in [1.165, 1.54) is 18.8 Å². The summed E-state index contributed by atoms with van der Waals surface area (Å²) in [6.45, 7) is 7.84. The number of carbonyl (C=O) groups excluding carboxylic acids is 1. The number of benzene rings is 2. The Hall–Kier alpha value is -3.97. The molecule has 9 nitrogen and oxygen atoms in total. The third-order valence-corrected chi connectivity index (χ3v) is 7.28. The van der Waals surface area contributed by atoms with E-state index in [1.54, 1.807) is 0 Å². The molecule has 0 saturated carbocycles. The van der Waals surface area contributed by atoms with Crippen LogP contribution in [0.15, 0.2) is 59.7 Å². The fourth-order valence-corrected chi connectivity index (χ4v) is 5.09. The first-order valence-corrected chi connectivity index (χ1v) is 13.6. The quantitative estimate of drug-likeness (QED) is 0.330. The molecular weight excluding hydrogens is 508 g/mol. The number of ether oxygens (including phenoxy) is 2. The van der Waals surface area contributed by atoms with Crippen molar-refractivity contribution in [1.82, 2.24) is 19.8 Å². The SMILES string of the molecule is CC(=O)OC1CN(CC(Cc2nc[nH]c(=O)c2O)c2ccc(C#Cc3ccc(CN4CCOCC4)cc3)cc2)C1. The first-order valence-electron chi connectivity index (χ1n) is 13.6. The van der Waals surface area contributed by atoms with E-state index in [0.717, 1.165) is 49.5 Å². The van der Waals surface area contributed by atoms with Crippen molar-refractivity contribution in [3.8, 4) is 17.6 Å². The Kier molecular flexibility index (Phi) is 8.91. The number of carbonyl (C=O) groups is 1. The van der Waals surface area contributed by atoms with Crippen LogP contribution in [0.1, 0.15) is 40.8 Å². The second kappa shape index (κ2) is 12.9. The van der Waals surface area contributed by atoms with Gasteiger partial charge in [0, 0.05) is 69.7 Å². The summed E-state index contributed by atoms with van der Waals surface area (Å²) < 4.78 is 10.7. The standard InChI is InChI=1S/C31H34N4O5/c1-22(36)40-28-19-35(20-28)18-27(16-29-30(37)31(38)33-21-32-29)26-10-8-24(9-11-26)3-2-23-4-6-25(7-5-23)17-34-12-14-39-15-13-34/h4-11,21,27-28,37H,12-20H2,1H3,(H,32,33,38). The van der Waals surface area contributed by atoms with Crippen LogP contribution in [-0.4, -0.2) is 82.9 Å². The zero-order valence-electron chi connectivity index (χ0n) is 22.6. The molecular formula is C31H34N4O5. The van der Waals surface area contributed by atoms with Crippen LogP contribution >= 0.6 is 0 Å². The minimum Gasteiger partial charge on any atom is -0.502 e. The number of aromatic amines is 1. The van der Waals surface area contributed by atoms with Crippen LogP contribution in [-0.2, 0) is 27.2 Å². The summed E-state index contributed by atoms with van der Waals surface area (Å²) >= 11 is 0. The number of H-pyrrole nitrogens is 1. The lowest BCUT2D eigenvalue weighted by molar-refractivity contribution is -0.154. The van der Waals surface area contributed by atoms with Gasteiger partial charge in [-0.05, 0) is 35.4 Å². The summed E-state index contributed by atoms with van der Waals surface area (Å²) in [5.74, 6) is 5.84. The Morgan fingerprint density at radius 1 is 1.07 bits per heavy atom. The number of aromatic nitrogens is 2. The van der Waals surface area contributed by atoms with Gasteiger partial charge in [-0.3, -0.25) is 19.4 Å². The van der Waals surface area contributed by atoms with Crippen LogP contribution in [0.3, 0.4) is 0 Å². The summed E-state index contributed by atoms with van der Waals surface area (Å²) in [4.78, 5) is 34.3. The highest BCUT2D eigenvalue weighted by atomic mass is 16.5. The lowest BCUT2D eigenvalue weighted by atomic mass is 9.91. The normalized spacial score (nSPS) is 16.9. The summed E-state index contributed by atoms with van der Waals surface area (Å²) in [7, 11) is 0. The predicted molar refractivity (Wildman–Crippen MR) is 150 cm³/mol. The van der Waals surface area contributed by atoms with E-state index in [9.17, 15) is 14.7 Å². The molecule has 2 fully saturated rings. The molecule has 5 rings (SSSR count). The number of likely N-dealkylation sites (tertiary alicyclic amines) is 1. The fourth-order valence-electron chi connectivity index (χ4n) is 5.09. The van der Waals surface area contributed by atoms with Crippen LogP contribution in [0.2, 0.25) is 0 Å². The van der Waals surface area contributed by atoms with Gasteiger partial charge in [0.25, 0.3) is 5.56 Å². The molecule has 2 aliphatic heterocycles. The largest absolute Gasteiger partial charge is 0.502 e. The van der Waals surface area contributed by atoms with Crippen molar-refractivity contribution in [1.29, 1.82) is 0 Å². The fraction of sp³-hybridized carbons (Fsp3) is 0.387. The second-order valence-electron chi connectivity index (χ2n) is 10.3. The molecule has 40 heavy (non-hydrogen) atoms. The molecule has 1 atom stereocenters. The summed E-state index contributed by atoms with van der Waals surface area (Å²) in [6, 6.07) is 16.4. The molecule has 2 aliphatic rings. The molecule has 3 heterocycles. The molecule has 0 spiro atoms. The Morgan fingerprint density at radius 2 is 1.73 bits per heavy atom. The average Bonchev–Trinajstić information content (AvgIpc) is 2.94. The van der Waals surface area contributed by atoms with E-state index >= 15 is 0 Å². The molecule has 1 aromatic heterocycles. The van der Waals surface area contributed by atoms with Crippen molar-refractivity contribution in [2.45, 2.75) is 31.9 Å². The van der Waals surface area contributed by atoms with Gasteiger partial charge in [-0.15, -0.1) is 0 Å². The van der Waals surface area contributed by atoms with Gasteiger partial charge in [0.05, 0.1) is 25.2 Å². The molecule has 2 N–H and O–H groups in total. The van der Waals surface area contributed by atoms with Crippen LogP contribution in [0.5, 0.6) is 5.75 Å². The third kappa shape index (κ3) is 7.36. The minimum atomic E-state index is -0.553. The highest BCUT2D eigenvalue weighted by molar-refractivity contribution is 5.66. The average molecular weight is 543 g/mol. The van der Waals surface area contributed by atoms with Gasteiger partial charge in [-0.25, -0.2) is 4.98 Å². The molecule has 0 amide bonds. The summed E-state index contributed by atoms with van der Waals surface area (Å²) in [6.07, 6.45) is 1.60. The van der Waals surface area contributed by atoms with E-state index < -0.39 is 5.56 Å². The van der Waals surface area contributed by atoms with E-state index in [-0.39, 0.29) is 23.7 Å². The van der Waals surface area contributed by atoms with Crippen molar-refractivity contribution < 1.29 is 19.4 Å². The second-order valence-corrected chi connectivity index (χ2v) is 10.3. The zero-order valence-corrected chi connectivity index (χ0v) is 22.6. The number of esters is 1. The van der Waals surface area contributed by atoms with Crippen LogP contribution in [0.4, 0.5) is 0 Å². The number of hydrogen-bond donors (Lipinski definition) is 2. The Bertz CT molecular complexity index is 1410. The molecule has 2 aromatic carbocycles. The van der Waals surface area contributed by atoms with Gasteiger partial charge in [0.1, 0.15) is 6.10 Å². The first-order chi connectivity index (χ1) is 19.4. The predicted octanol–water partition coefficient (Wildman–Crippen LogP) is 2.28. The highest BCUT2D eigenvalue weighted by Gasteiger charge is 2.31. The van der Waals surface area contributed by atoms with Crippen molar-refractivity contribution in [3.63, 3.8) is 0 Å². The van der Waals surface area contributed by atoms with Crippen molar-refractivity contribution in [3.05, 3.63) is 93.2 Å². The van der Waals surface area contributed by atoms with Gasteiger partial charge < -0.3 is 19.6 Å². The molecule has 0 bridgehead atoms. The molecule has 9 heteroatoms. The minimum absolute atomic E-state index is 0.0282. The van der Waals surface area contributed by atoms with Crippen LogP contribution < -0.4 is 5.56 Å². The van der Waals surface area contributed by atoms with Crippen LogP contribution in [0.25, 0.3) is 0 Å². The monoisotopic (exact) mass is 542 g/mol. The zero-order chi connectivity index (χ0) is 27.9. The number of morpholine rings is 1. The summed E-state index contributed by atoms with van der Waals surface area (Å²) in [5.41, 5.74) is 3.98. The Morgan fingerprint density at radius 3 is 2.38 bits per heavy atom. The molecule has 1 unspecified atom stereocenters. The van der Waals surface area contributed by atoms with Crippen molar-refractivity contribution in [2.75, 3.05) is 45.9 Å². The lowest BCUT2D eigenvalue weighted by Gasteiger charge is -2.40. The molecule has 0 radical (unpaired) electrons. The topological polar surface area (TPSA) is 108 Å². The lowest BCUT2D eigenvalue weighted by Crippen LogP contribution is -2.53. The smallest absolute Gasteiger partial charge is 0.302 e. The van der Waals surface area contributed by atoms with Gasteiger partial charge in [-0.1, -0.05) is 36.1 Å². The molecule has 3 aromatic rings. The van der Waals surface area contributed by atoms with Crippen molar-refractivity contribution in [2.24, 2.45) is 0 Å². The van der Waals surface area contributed by atoms with E-state index in [1.807, 2.05) is 24.3 Å². The van der Waals surface area contributed by atoms with E-state index in [4.69, 9.17) is 9.47 Å². The van der Waals surface area contributed by atoms with Gasteiger partial charge in [-0.2, -0.15) is 0 Å². The Balaban J connectivity index is 1.25. The Labute approximate surface area is 233 Å². The maximum absolute atomic E-state index is 11.9. The van der Waals surface area contributed by atoms with Gasteiger partial charge in [0.2, 0.25) is 5.75 Å². The molecule has 208 valence electrons. The van der Waals surface area contributed by atoms with Gasteiger partial charge in [0.15, 0.2) is 0 Å². The number of nitrogens with zero attached hydrogens (tertiary/aromatic N) is 3. The summed E-state index contributed by atoms with van der Waals surface area (Å²) in [5, 5.41) is 10.3. The van der Waals surface area contributed by atoms with E-state index in [0.29, 0.717) is 31.7 Å². The number of hydrogen-bond acceptors (Lipinski definition) is 8. The molecule has 0 aliphatic carbocycles. The highest BCUT2D eigenvalue weighted by Crippen LogP contribution is 2.27. The number of aromatic hydroxyl groups is 1.